The number of carbonyl (C=O) groups excluding carboxylic acids is 1. The Bertz CT molecular complexity index is 940. The van der Waals surface area contributed by atoms with Gasteiger partial charge in [-0.25, -0.2) is 0 Å². The predicted molar refractivity (Wildman–Crippen MR) is 106 cm³/mol. The highest BCUT2D eigenvalue weighted by Gasteiger charge is 2.14. The Morgan fingerprint density at radius 2 is 2.04 bits per heavy atom. The summed E-state index contributed by atoms with van der Waals surface area (Å²) in [5, 5.41) is 12.2. The van der Waals surface area contributed by atoms with Crippen LogP contribution in [0, 0.1) is 20.8 Å². The molecule has 3 rings (SSSR count). The van der Waals surface area contributed by atoms with E-state index < -0.39 is 0 Å². The molecule has 1 amide bonds. The van der Waals surface area contributed by atoms with Gasteiger partial charge in [-0.05, 0) is 55.3 Å². The van der Waals surface area contributed by atoms with Crippen LogP contribution in [0.3, 0.4) is 0 Å². The molecule has 0 unspecified atom stereocenters. The van der Waals surface area contributed by atoms with Gasteiger partial charge in [-0.2, -0.15) is 10.2 Å². The second kappa shape index (κ2) is 8.31. The summed E-state index contributed by atoms with van der Waals surface area (Å²) in [7, 11) is 0. The quantitative estimate of drug-likeness (QED) is 0.550. The fraction of sp³-hybridized carbons (Fsp3) is 0.389. The molecule has 3 heterocycles. The lowest BCUT2D eigenvalue weighted by molar-refractivity contribution is 0.0923. The molecule has 1 N–H and O–H groups in total. The van der Waals surface area contributed by atoms with Crippen LogP contribution >= 0.6 is 27.5 Å². The van der Waals surface area contributed by atoms with Crippen molar-refractivity contribution in [2.45, 2.75) is 40.3 Å². The zero-order valence-corrected chi connectivity index (χ0v) is 17.8. The summed E-state index contributed by atoms with van der Waals surface area (Å²) in [6.45, 7) is 7.40. The number of aryl methyl sites for hydroxylation is 3. The molecule has 144 valence electrons. The maximum absolute atomic E-state index is 12.2. The van der Waals surface area contributed by atoms with E-state index in [0.29, 0.717) is 23.9 Å². The van der Waals surface area contributed by atoms with Crippen molar-refractivity contribution in [3.05, 3.63) is 56.4 Å². The van der Waals surface area contributed by atoms with E-state index in [0.717, 1.165) is 34.5 Å². The molecule has 0 fully saturated rings. The Morgan fingerprint density at radius 1 is 1.26 bits per heavy atom. The van der Waals surface area contributed by atoms with Crippen molar-refractivity contribution >= 4 is 33.4 Å². The number of nitrogens with zero attached hydrogens (tertiary/aromatic N) is 4. The Kier molecular flexibility index (Phi) is 6.06. The topological polar surface area (TPSA) is 77.9 Å². The number of carbonyl (C=O) groups is 1. The Hall–Kier alpha value is -2.06. The van der Waals surface area contributed by atoms with Gasteiger partial charge >= 0.3 is 0 Å². The van der Waals surface area contributed by atoms with Gasteiger partial charge in [-0.15, -0.1) is 0 Å². The molecule has 0 aliphatic rings. The van der Waals surface area contributed by atoms with Crippen LogP contribution in [0.2, 0.25) is 5.02 Å². The average Bonchev–Trinajstić information content (AvgIpc) is 3.29. The van der Waals surface area contributed by atoms with Crippen LogP contribution in [0.25, 0.3) is 0 Å². The Labute approximate surface area is 170 Å². The van der Waals surface area contributed by atoms with Crippen molar-refractivity contribution in [3.63, 3.8) is 0 Å². The van der Waals surface area contributed by atoms with Crippen LogP contribution in [-0.4, -0.2) is 32.0 Å². The number of rotatable bonds is 7. The summed E-state index contributed by atoms with van der Waals surface area (Å²) in [5.74, 6) is 0.708. The first-order valence-electron chi connectivity index (χ1n) is 8.61. The molecule has 0 atom stereocenters. The third kappa shape index (κ3) is 4.62. The molecular weight excluding hydrogens is 434 g/mol. The summed E-state index contributed by atoms with van der Waals surface area (Å²) in [6.07, 6.45) is 2.71. The van der Waals surface area contributed by atoms with Gasteiger partial charge in [-0.1, -0.05) is 11.6 Å². The molecule has 9 heteroatoms. The largest absolute Gasteiger partial charge is 0.454 e. The molecule has 0 aliphatic carbocycles. The van der Waals surface area contributed by atoms with Crippen LogP contribution in [0.5, 0.6) is 0 Å². The van der Waals surface area contributed by atoms with Crippen molar-refractivity contribution in [2.75, 3.05) is 6.54 Å². The van der Waals surface area contributed by atoms with E-state index in [1.165, 1.54) is 0 Å². The molecule has 0 bridgehead atoms. The summed E-state index contributed by atoms with van der Waals surface area (Å²) < 4.78 is 10.3. The van der Waals surface area contributed by atoms with E-state index in [9.17, 15) is 4.79 Å². The molecule has 0 aromatic carbocycles. The number of amides is 1. The third-order valence-corrected chi connectivity index (χ3v) is 5.55. The highest BCUT2D eigenvalue weighted by Crippen LogP contribution is 2.20. The monoisotopic (exact) mass is 453 g/mol. The van der Waals surface area contributed by atoms with Gasteiger partial charge in [0.05, 0.1) is 33.1 Å². The highest BCUT2D eigenvalue weighted by atomic mass is 79.9. The molecule has 0 spiro atoms. The molecule has 0 saturated heterocycles. The van der Waals surface area contributed by atoms with Crippen molar-refractivity contribution in [2.24, 2.45) is 0 Å². The molecule has 0 aliphatic heterocycles. The summed E-state index contributed by atoms with van der Waals surface area (Å²) in [4.78, 5) is 12.2. The zero-order valence-electron chi connectivity index (χ0n) is 15.4. The first-order chi connectivity index (χ1) is 12.8. The first-order valence-corrected chi connectivity index (χ1v) is 9.78. The normalized spacial score (nSPS) is 11.1. The van der Waals surface area contributed by atoms with Gasteiger partial charge in [0.15, 0.2) is 5.76 Å². The molecule has 0 radical (unpaired) electrons. The smallest absolute Gasteiger partial charge is 0.286 e. The minimum absolute atomic E-state index is 0.231. The number of halogens is 2. The highest BCUT2D eigenvalue weighted by molar-refractivity contribution is 9.10. The maximum atomic E-state index is 12.2. The minimum Gasteiger partial charge on any atom is -0.454 e. The van der Waals surface area contributed by atoms with E-state index in [-0.39, 0.29) is 11.7 Å². The molecule has 3 aromatic rings. The van der Waals surface area contributed by atoms with Gasteiger partial charge in [0.1, 0.15) is 5.76 Å². The molecule has 0 saturated carbocycles. The molecular formula is C18H21BrClN5O2. The molecule has 3 aromatic heterocycles. The van der Waals surface area contributed by atoms with Gasteiger partial charge < -0.3 is 9.73 Å². The first kappa shape index (κ1) is 19.7. The van der Waals surface area contributed by atoms with E-state index in [1.807, 2.05) is 31.6 Å². The number of nitrogens with one attached hydrogen (secondary N) is 1. The number of aromatic nitrogens is 4. The van der Waals surface area contributed by atoms with Crippen LogP contribution in [-0.2, 0) is 13.1 Å². The third-order valence-electron chi connectivity index (χ3n) is 4.22. The van der Waals surface area contributed by atoms with Crippen LogP contribution < -0.4 is 5.32 Å². The lowest BCUT2D eigenvalue weighted by atomic mass is 10.3. The lowest BCUT2D eigenvalue weighted by Gasteiger charge is -2.04. The fourth-order valence-electron chi connectivity index (χ4n) is 2.70. The minimum atomic E-state index is -0.231. The number of furan rings is 1. The fourth-order valence-corrected chi connectivity index (χ4v) is 3.15. The van der Waals surface area contributed by atoms with E-state index in [4.69, 9.17) is 16.0 Å². The SMILES string of the molecule is Cc1nn(CCCNC(=O)c2ccc(Cn3nc(C)c(Cl)c3C)o2)cc1Br. The van der Waals surface area contributed by atoms with Crippen molar-refractivity contribution < 1.29 is 9.21 Å². The summed E-state index contributed by atoms with van der Waals surface area (Å²) >= 11 is 9.59. The summed E-state index contributed by atoms with van der Waals surface area (Å²) in [5.41, 5.74) is 2.60. The summed E-state index contributed by atoms with van der Waals surface area (Å²) in [6, 6.07) is 3.45. The second-order valence-corrected chi connectivity index (χ2v) is 7.58. The van der Waals surface area contributed by atoms with Crippen molar-refractivity contribution in [1.82, 2.24) is 24.9 Å². The van der Waals surface area contributed by atoms with E-state index >= 15 is 0 Å². The average molecular weight is 455 g/mol. The standard InChI is InChI=1S/C18H21BrClN5O2/c1-11-15(19)10-24(22-11)8-4-7-21-18(26)16-6-5-14(27-16)9-25-13(3)17(20)12(2)23-25/h5-6,10H,4,7-9H2,1-3H3,(H,21,26). The van der Waals surface area contributed by atoms with Gasteiger partial charge in [0.25, 0.3) is 5.91 Å². The molecule has 7 nitrogen and oxygen atoms in total. The van der Waals surface area contributed by atoms with Gasteiger partial charge in [0, 0.05) is 19.3 Å². The Morgan fingerprint density at radius 3 is 2.67 bits per heavy atom. The molecule has 27 heavy (non-hydrogen) atoms. The Balaban J connectivity index is 1.50. The van der Waals surface area contributed by atoms with Crippen molar-refractivity contribution in [3.8, 4) is 0 Å². The van der Waals surface area contributed by atoms with Crippen LogP contribution in [0.4, 0.5) is 0 Å². The lowest BCUT2D eigenvalue weighted by Crippen LogP contribution is -2.24. The second-order valence-electron chi connectivity index (χ2n) is 6.34. The van der Waals surface area contributed by atoms with E-state index in [2.05, 4.69) is 31.4 Å². The van der Waals surface area contributed by atoms with E-state index in [1.54, 1.807) is 16.8 Å². The number of hydrogen-bond donors (Lipinski definition) is 1. The number of hydrogen-bond acceptors (Lipinski definition) is 4. The maximum Gasteiger partial charge on any atom is 0.286 e. The van der Waals surface area contributed by atoms with Gasteiger partial charge in [0.2, 0.25) is 0 Å². The van der Waals surface area contributed by atoms with Crippen LogP contribution in [0.1, 0.15) is 39.8 Å². The zero-order chi connectivity index (χ0) is 19.6. The van der Waals surface area contributed by atoms with Crippen LogP contribution in [0.15, 0.2) is 27.2 Å². The van der Waals surface area contributed by atoms with Crippen molar-refractivity contribution in [1.29, 1.82) is 0 Å². The predicted octanol–water partition coefficient (Wildman–Crippen LogP) is 3.88. The van der Waals surface area contributed by atoms with Gasteiger partial charge in [-0.3, -0.25) is 14.2 Å².